The van der Waals surface area contributed by atoms with Crippen LogP contribution in [0.4, 0.5) is 0 Å². The first-order valence-electron chi connectivity index (χ1n) is 7.62. The normalized spacial score (nSPS) is 15.8. The highest BCUT2D eigenvalue weighted by Gasteiger charge is 2.20. The molecular weight excluding hydrogens is 262 g/mol. The highest BCUT2D eigenvalue weighted by Crippen LogP contribution is 2.22. The Kier molecular flexibility index (Phi) is 4.04. The number of aryl methyl sites for hydroxylation is 1. The van der Waals surface area contributed by atoms with Gasteiger partial charge in [-0.25, -0.2) is 0 Å². The Morgan fingerprint density at radius 3 is 2.38 bits per heavy atom. The summed E-state index contributed by atoms with van der Waals surface area (Å²) in [5.41, 5.74) is 2.93. The molecule has 0 unspecified atom stereocenters. The second-order valence-electron chi connectivity index (χ2n) is 5.67. The summed E-state index contributed by atoms with van der Waals surface area (Å²) in [6.07, 6.45) is 10.3. The van der Waals surface area contributed by atoms with Gasteiger partial charge in [-0.3, -0.25) is 9.78 Å². The summed E-state index contributed by atoms with van der Waals surface area (Å²) in [6, 6.07) is 5.92. The van der Waals surface area contributed by atoms with Gasteiger partial charge >= 0.3 is 0 Å². The van der Waals surface area contributed by atoms with E-state index < -0.39 is 0 Å². The molecule has 0 aromatic carbocycles. The summed E-state index contributed by atoms with van der Waals surface area (Å²) in [4.78, 5) is 18.7. The van der Waals surface area contributed by atoms with Crippen molar-refractivity contribution in [1.29, 1.82) is 0 Å². The van der Waals surface area contributed by atoms with E-state index in [1.807, 2.05) is 40.9 Å². The highest BCUT2D eigenvalue weighted by molar-refractivity contribution is 5.94. The lowest BCUT2D eigenvalue weighted by Gasteiger charge is -2.20. The molecule has 1 saturated heterocycles. The number of pyridine rings is 1. The third-order valence-corrected chi connectivity index (χ3v) is 4.13. The molecule has 2 aromatic rings. The Morgan fingerprint density at radius 1 is 1.05 bits per heavy atom. The van der Waals surface area contributed by atoms with E-state index in [1.165, 1.54) is 12.8 Å². The average molecular weight is 283 g/mol. The summed E-state index contributed by atoms with van der Waals surface area (Å²) >= 11 is 0. The lowest BCUT2D eigenvalue weighted by molar-refractivity contribution is 0.0752. The Hall–Kier alpha value is -2.10. The zero-order valence-electron chi connectivity index (χ0n) is 12.5. The number of likely N-dealkylation sites (tertiary alicyclic amines) is 1. The lowest BCUT2D eigenvalue weighted by Crippen LogP contribution is -2.32. The summed E-state index contributed by atoms with van der Waals surface area (Å²) in [5.74, 6) is 0.153. The van der Waals surface area contributed by atoms with Crippen molar-refractivity contribution in [2.24, 2.45) is 7.05 Å². The van der Waals surface area contributed by atoms with Crippen LogP contribution in [0.3, 0.4) is 0 Å². The first-order valence-corrected chi connectivity index (χ1v) is 7.62. The molecule has 0 saturated carbocycles. The number of aromatic nitrogens is 2. The van der Waals surface area contributed by atoms with Crippen molar-refractivity contribution in [2.45, 2.75) is 25.7 Å². The van der Waals surface area contributed by atoms with Gasteiger partial charge in [-0.15, -0.1) is 0 Å². The van der Waals surface area contributed by atoms with Crippen LogP contribution in [0.15, 0.2) is 36.8 Å². The molecule has 0 spiro atoms. The molecule has 110 valence electrons. The van der Waals surface area contributed by atoms with E-state index in [2.05, 4.69) is 4.98 Å². The predicted octanol–water partition coefficient (Wildman–Crippen LogP) is 3.10. The van der Waals surface area contributed by atoms with E-state index in [9.17, 15) is 4.79 Å². The smallest absolute Gasteiger partial charge is 0.270 e. The van der Waals surface area contributed by atoms with Crippen LogP contribution in [0.5, 0.6) is 0 Å². The molecule has 0 radical (unpaired) electrons. The highest BCUT2D eigenvalue weighted by atomic mass is 16.2. The van der Waals surface area contributed by atoms with Crippen molar-refractivity contribution in [3.8, 4) is 11.1 Å². The summed E-state index contributed by atoms with van der Waals surface area (Å²) < 4.78 is 1.93. The minimum Gasteiger partial charge on any atom is -0.346 e. The fourth-order valence-electron chi connectivity index (χ4n) is 2.92. The van der Waals surface area contributed by atoms with E-state index in [0.717, 1.165) is 42.8 Å². The number of nitrogens with zero attached hydrogens (tertiary/aromatic N) is 3. The van der Waals surface area contributed by atoms with Gasteiger partial charge in [0.15, 0.2) is 0 Å². The first-order chi connectivity index (χ1) is 10.3. The van der Waals surface area contributed by atoms with Gasteiger partial charge < -0.3 is 9.47 Å². The molecule has 1 aliphatic heterocycles. The van der Waals surface area contributed by atoms with Crippen LogP contribution in [0.25, 0.3) is 11.1 Å². The fraction of sp³-hybridized carbons (Fsp3) is 0.412. The number of amides is 1. The third-order valence-electron chi connectivity index (χ3n) is 4.13. The molecule has 0 N–H and O–H groups in total. The van der Waals surface area contributed by atoms with E-state index in [1.54, 1.807) is 12.4 Å². The maximum Gasteiger partial charge on any atom is 0.270 e. The van der Waals surface area contributed by atoms with Gasteiger partial charge in [0.25, 0.3) is 5.91 Å². The van der Waals surface area contributed by atoms with Crippen molar-refractivity contribution < 1.29 is 4.79 Å². The van der Waals surface area contributed by atoms with Crippen molar-refractivity contribution >= 4 is 5.91 Å². The number of hydrogen-bond donors (Lipinski definition) is 0. The maximum absolute atomic E-state index is 12.7. The van der Waals surface area contributed by atoms with E-state index in [-0.39, 0.29) is 5.91 Å². The van der Waals surface area contributed by atoms with E-state index in [4.69, 9.17) is 0 Å². The van der Waals surface area contributed by atoms with Gasteiger partial charge in [0.1, 0.15) is 5.69 Å². The molecule has 21 heavy (non-hydrogen) atoms. The van der Waals surface area contributed by atoms with Crippen LogP contribution >= 0.6 is 0 Å². The SMILES string of the molecule is Cn1cc(-c2ccncc2)cc1C(=O)N1CCCCCC1. The van der Waals surface area contributed by atoms with Crippen LogP contribution in [0.1, 0.15) is 36.2 Å². The quantitative estimate of drug-likeness (QED) is 0.849. The van der Waals surface area contributed by atoms with Crippen molar-refractivity contribution in [1.82, 2.24) is 14.5 Å². The fourth-order valence-corrected chi connectivity index (χ4v) is 2.92. The number of hydrogen-bond acceptors (Lipinski definition) is 2. The number of rotatable bonds is 2. The van der Waals surface area contributed by atoms with Crippen LogP contribution < -0.4 is 0 Å². The zero-order chi connectivity index (χ0) is 14.7. The zero-order valence-corrected chi connectivity index (χ0v) is 12.5. The van der Waals surface area contributed by atoms with Crippen molar-refractivity contribution in [3.05, 3.63) is 42.5 Å². The minimum atomic E-state index is 0.153. The molecule has 2 aromatic heterocycles. The predicted molar refractivity (Wildman–Crippen MR) is 83.0 cm³/mol. The summed E-state index contributed by atoms with van der Waals surface area (Å²) in [7, 11) is 1.94. The van der Waals surface area contributed by atoms with Gasteiger partial charge in [-0.1, -0.05) is 12.8 Å². The number of carbonyl (C=O) groups is 1. The standard InChI is InChI=1S/C17H21N3O/c1-19-13-15(14-6-8-18-9-7-14)12-16(19)17(21)20-10-4-2-3-5-11-20/h6-9,12-13H,2-5,10-11H2,1H3. The van der Waals surface area contributed by atoms with Gasteiger partial charge in [0, 0.05) is 44.3 Å². The molecule has 0 atom stereocenters. The van der Waals surface area contributed by atoms with Crippen LogP contribution in [-0.4, -0.2) is 33.4 Å². The summed E-state index contributed by atoms with van der Waals surface area (Å²) in [6.45, 7) is 1.77. The molecule has 1 fully saturated rings. The molecule has 1 amide bonds. The Bertz CT molecular complexity index is 610. The molecule has 0 bridgehead atoms. The van der Waals surface area contributed by atoms with Crippen LogP contribution in [0, 0.1) is 0 Å². The van der Waals surface area contributed by atoms with Crippen LogP contribution in [0.2, 0.25) is 0 Å². The second kappa shape index (κ2) is 6.12. The van der Waals surface area contributed by atoms with Gasteiger partial charge in [0.2, 0.25) is 0 Å². The van der Waals surface area contributed by atoms with Gasteiger partial charge in [0.05, 0.1) is 0 Å². The Morgan fingerprint density at radius 2 is 1.71 bits per heavy atom. The largest absolute Gasteiger partial charge is 0.346 e. The molecule has 0 aliphatic carbocycles. The maximum atomic E-state index is 12.7. The average Bonchev–Trinajstić information content (AvgIpc) is 2.74. The van der Waals surface area contributed by atoms with Gasteiger partial charge in [-0.05, 0) is 36.6 Å². The molecule has 3 rings (SSSR count). The molecule has 1 aliphatic rings. The van der Waals surface area contributed by atoms with E-state index in [0.29, 0.717) is 0 Å². The third kappa shape index (κ3) is 2.99. The topological polar surface area (TPSA) is 38.1 Å². The molecule has 4 nitrogen and oxygen atoms in total. The Labute approximate surface area is 125 Å². The summed E-state index contributed by atoms with van der Waals surface area (Å²) in [5, 5.41) is 0. The number of carbonyl (C=O) groups excluding carboxylic acids is 1. The lowest BCUT2D eigenvalue weighted by atomic mass is 10.1. The van der Waals surface area contributed by atoms with Crippen molar-refractivity contribution in [2.75, 3.05) is 13.1 Å². The Balaban J connectivity index is 1.85. The minimum absolute atomic E-state index is 0.153. The molecular formula is C17H21N3O. The van der Waals surface area contributed by atoms with Crippen molar-refractivity contribution in [3.63, 3.8) is 0 Å². The van der Waals surface area contributed by atoms with Gasteiger partial charge in [-0.2, -0.15) is 0 Å². The molecule has 3 heterocycles. The first kappa shape index (κ1) is 13.9. The second-order valence-corrected chi connectivity index (χ2v) is 5.67. The van der Waals surface area contributed by atoms with Crippen LogP contribution in [-0.2, 0) is 7.05 Å². The molecule has 4 heteroatoms. The van der Waals surface area contributed by atoms with E-state index >= 15 is 0 Å². The monoisotopic (exact) mass is 283 g/mol.